The molecule has 1 heterocycles. The molecule has 4 nitrogen and oxygen atoms in total. The molecule has 0 atom stereocenters. The summed E-state index contributed by atoms with van der Waals surface area (Å²) in [7, 11) is 0. The number of nitrogens with two attached hydrogens (primary N) is 1. The van der Waals surface area contributed by atoms with Gasteiger partial charge in [-0.1, -0.05) is 6.07 Å². The number of halogens is 2. The van der Waals surface area contributed by atoms with E-state index in [2.05, 4.69) is 0 Å². The van der Waals surface area contributed by atoms with Gasteiger partial charge in [0, 0.05) is 19.2 Å². The van der Waals surface area contributed by atoms with E-state index in [0.29, 0.717) is 36.7 Å². The van der Waals surface area contributed by atoms with Crippen molar-refractivity contribution < 1.29 is 8.78 Å². The lowest BCUT2D eigenvalue weighted by Gasteiger charge is -2.34. The quantitative estimate of drug-likeness (QED) is 0.875. The number of nitrogen functional groups attached to an aromatic ring is 1. The molecule has 1 aliphatic heterocycles. The fourth-order valence-electron chi connectivity index (χ4n) is 3.24. The topological polar surface area (TPSA) is 63.4 Å². The fourth-order valence-corrected chi connectivity index (χ4v) is 3.24. The third kappa shape index (κ3) is 2.98. The van der Waals surface area contributed by atoms with Crippen LogP contribution in [0.3, 0.4) is 0 Å². The summed E-state index contributed by atoms with van der Waals surface area (Å²) in [6, 6.07) is 3.67. The molecule has 2 N–H and O–H groups in total. The average molecular weight is 320 g/mol. The van der Waals surface area contributed by atoms with E-state index in [-0.39, 0.29) is 5.69 Å². The Hall–Kier alpha value is -2.24. The Labute approximate surface area is 132 Å². The summed E-state index contributed by atoms with van der Waals surface area (Å²) < 4.78 is 26.5. The van der Waals surface area contributed by atoms with Crippen molar-refractivity contribution in [1.29, 1.82) is 0 Å². The predicted octanol–water partition coefficient (Wildman–Crippen LogP) is 1.99. The minimum absolute atomic E-state index is 0.0711. The first-order chi connectivity index (χ1) is 11.0. The minimum atomic E-state index is -0.589. The van der Waals surface area contributed by atoms with Gasteiger partial charge in [-0.2, -0.15) is 0 Å². The zero-order chi connectivity index (χ0) is 16.6. The van der Waals surface area contributed by atoms with Gasteiger partial charge in [0.15, 0.2) is 0 Å². The molecule has 0 spiro atoms. The van der Waals surface area contributed by atoms with Crippen LogP contribution in [0.5, 0.6) is 0 Å². The maximum absolute atomic E-state index is 13.6. The average Bonchev–Trinajstić information content (AvgIpc) is 2.55. The normalized spacial score (nSPS) is 16.2. The maximum atomic E-state index is 13.6. The van der Waals surface area contributed by atoms with E-state index in [0.717, 1.165) is 25.3 Å². The Bertz CT molecular complexity index is 788. The predicted molar refractivity (Wildman–Crippen MR) is 85.4 cm³/mol. The first-order valence-corrected chi connectivity index (χ1v) is 7.75. The van der Waals surface area contributed by atoms with Crippen LogP contribution in [0.4, 0.5) is 20.2 Å². The second kappa shape index (κ2) is 6.10. The highest BCUT2D eigenvalue weighted by molar-refractivity contribution is 5.72. The number of piperidine rings is 1. The van der Waals surface area contributed by atoms with Gasteiger partial charge < -0.3 is 10.6 Å². The monoisotopic (exact) mass is 320 g/mol. The Balaban J connectivity index is 1.54. The van der Waals surface area contributed by atoms with Crippen LogP contribution >= 0.6 is 0 Å². The van der Waals surface area contributed by atoms with Gasteiger partial charge in [-0.25, -0.2) is 8.78 Å². The van der Waals surface area contributed by atoms with Crippen molar-refractivity contribution in [2.45, 2.75) is 25.7 Å². The molecule has 23 heavy (non-hydrogen) atoms. The molecule has 0 unspecified atom stereocenters. The van der Waals surface area contributed by atoms with Crippen molar-refractivity contribution in [2.75, 3.05) is 23.7 Å². The number of nitrogens with zero attached hydrogens (tertiary/aromatic N) is 1. The molecule has 122 valence electrons. The van der Waals surface area contributed by atoms with Crippen LogP contribution in [0.2, 0.25) is 0 Å². The first-order valence-electron chi connectivity index (χ1n) is 7.75. The summed E-state index contributed by atoms with van der Waals surface area (Å²) in [5.74, 6) is -0.646. The molecule has 0 saturated carbocycles. The highest BCUT2D eigenvalue weighted by Gasteiger charge is 2.27. The van der Waals surface area contributed by atoms with Gasteiger partial charge in [0.2, 0.25) is 0 Å². The molecule has 6 heteroatoms. The second-order valence-electron chi connectivity index (χ2n) is 6.13. The third-order valence-corrected chi connectivity index (χ3v) is 4.69. The largest absolute Gasteiger partial charge is 0.394 e. The lowest BCUT2D eigenvalue weighted by Crippen LogP contribution is -2.45. The molecule has 3 rings (SSSR count). The van der Waals surface area contributed by atoms with Crippen LogP contribution in [0, 0.1) is 17.6 Å². The van der Waals surface area contributed by atoms with Crippen molar-refractivity contribution >= 4 is 11.4 Å². The van der Waals surface area contributed by atoms with Crippen LogP contribution in [-0.4, -0.2) is 13.1 Å². The van der Waals surface area contributed by atoms with Gasteiger partial charge in [0.25, 0.3) is 10.9 Å². The number of hydrogen-bond donors (Lipinski definition) is 1. The van der Waals surface area contributed by atoms with Crippen LogP contribution in [-0.2, 0) is 6.42 Å². The number of anilines is 2. The van der Waals surface area contributed by atoms with Gasteiger partial charge in [0.05, 0.1) is 0 Å². The molecule has 1 fully saturated rings. The molecule has 0 radical (unpaired) electrons. The summed E-state index contributed by atoms with van der Waals surface area (Å²) in [6.07, 6.45) is 3.11. The standard InChI is InChI=1S/C17H18F2N2O2/c18-12-4-3-11(13(19)9-12)2-1-10-5-7-21(8-6-10)15-14(20)16(22)17(15)23/h3-4,9-10H,1-2,5-8,20H2. The minimum Gasteiger partial charge on any atom is -0.394 e. The molecule has 0 amide bonds. The van der Waals surface area contributed by atoms with Gasteiger partial charge in [-0.05, 0) is 43.2 Å². The van der Waals surface area contributed by atoms with E-state index < -0.39 is 22.5 Å². The molecule has 1 saturated heterocycles. The zero-order valence-electron chi connectivity index (χ0n) is 12.6. The Kier molecular flexibility index (Phi) is 4.15. The highest BCUT2D eigenvalue weighted by Crippen LogP contribution is 2.27. The fraction of sp³-hybridized carbons (Fsp3) is 0.412. The molecular weight excluding hydrogens is 302 g/mol. The van der Waals surface area contributed by atoms with Crippen LogP contribution in [0.25, 0.3) is 0 Å². The van der Waals surface area contributed by atoms with Crippen molar-refractivity contribution in [3.05, 3.63) is 55.8 Å². The molecular formula is C17H18F2N2O2. The van der Waals surface area contributed by atoms with Crippen LogP contribution in [0.1, 0.15) is 24.8 Å². The van der Waals surface area contributed by atoms with E-state index in [9.17, 15) is 18.4 Å². The highest BCUT2D eigenvalue weighted by atomic mass is 19.1. The smallest absolute Gasteiger partial charge is 0.253 e. The summed E-state index contributed by atoms with van der Waals surface area (Å²) in [4.78, 5) is 24.6. The van der Waals surface area contributed by atoms with E-state index >= 15 is 0 Å². The summed E-state index contributed by atoms with van der Waals surface area (Å²) >= 11 is 0. The third-order valence-electron chi connectivity index (χ3n) is 4.69. The molecule has 0 bridgehead atoms. The summed E-state index contributed by atoms with van der Waals surface area (Å²) in [5.41, 5.74) is 5.46. The maximum Gasteiger partial charge on any atom is 0.253 e. The van der Waals surface area contributed by atoms with Crippen molar-refractivity contribution in [3.63, 3.8) is 0 Å². The summed E-state index contributed by atoms with van der Waals surface area (Å²) in [6.45, 7) is 1.34. The van der Waals surface area contributed by atoms with Crippen molar-refractivity contribution in [3.8, 4) is 0 Å². The lowest BCUT2D eigenvalue weighted by atomic mass is 9.90. The zero-order valence-corrected chi connectivity index (χ0v) is 12.6. The SMILES string of the molecule is Nc1c(N2CCC(CCc3ccc(F)cc3F)CC2)c(=O)c1=O. The lowest BCUT2D eigenvalue weighted by molar-refractivity contribution is 0.379. The van der Waals surface area contributed by atoms with Crippen molar-refractivity contribution in [2.24, 2.45) is 5.92 Å². The van der Waals surface area contributed by atoms with Gasteiger partial charge in [-0.3, -0.25) is 9.59 Å². The van der Waals surface area contributed by atoms with E-state index in [1.807, 2.05) is 4.90 Å². The molecule has 1 aliphatic rings. The number of benzene rings is 1. The van der Waals surface area contributed by atoms with E-state index in [1.54, 1.807) is 0 Å². The van der Waals surface area contributed by atoms with Gasteiger partial charge in [-0.15, -0.1) is 0 Å². The summed E-state index contributed by atoms with van der Waals surface area (Å²) in [5, 5.41) is 0. The number of aryl methyl sites for hydroxylation is 1. The molecule has 0 aromatic heterocycles. The molecule has 2 aromatic carbocycles. The van der Waals surface area contributed by atoms with Gasteiger partial charge >= 0.3 is 0 Å². The number of rotatable bonds is 4. The Morgan fingerprint density at radius 3 is 2.43 bits per heavy atom. The van der Waals surface area contributed by atoms with Crippen LogP contribution in [0.15, 0.2) is 27.8 Å². The Morgan fingerprint density at radius 1 is 1.13 bits per heavy atom. The molecule has 2 aromatic rings. The number of hydrogen-bond acceptors (Lipinski definition) is 4. The van der Waals surface area contributed by atoms with Crippen molar-refractivity contribution in [1.82, 2.24) is 0 Å². The second-order valence-corrected chi connectivity index (χ2v) is 6.13. The first kappa shape index (κ1) is 15.6. The van der Waals surface area contributed by atoms with Gasteiger partial charge in [0.1, 0.15) is 23.0 Å². The Morgan fingerprint density at radius 2 is 1.83 bits per heavy atom. The van der Waals surface area contributed by atoms with E-state index in [1.165, 1.54) is 12.1 Å². The molecule has 0 aliphatic carbocycles. The van der Waals surface area contributed by atoms with E-state index in [4.69, 9.17) is 5.73 Å². The van der Waals surface area contributed by atoms with Crippen LogP contribution < -0.4 is 21.5 Å².